The molecule has 0 aliphatic rings. The molecule has 0 aromatic heterocycles. The van der Waals surface area contributed by atoms with Crippen molar-refractivity contribution in [2.45, 2.75) is 26.8 Å². The van der Waals surface area contributed by atoms with Gasteiger partial charge in [-0.15, -0.1) is 0 Å². The number of hydrogen-bond donors (Lipinski definition) is 1. The molecule has 1 nitrogen and oxygen atoms in total. The van der Waals surface area contributed by atoms with Crippen molar-refractivity contribution in [1.29, 1.82) is 0 Å². The van der Waals surface area contributed by atoms with E-state index < -0.39 is 0 Å². The fourth-order valence-electron chi connectivity index (χ4n) is 2.09. The number of rotatable bonds is 5. The molecule has 0 spiro atoms. The van der Waals surface area contributed by atoms with Gasteiger partial charge in [-0.05, 0) is 57.6 Å². The van der Waals surface area contributed by atoms with Crippen molar-refractivity contribution in [3.05, 3.63) is 63.9 Å². The Morgan fingerprint density at radius 1 is 1.05 bits per heavy atom. The van der Waals surface area contributed by atoms with E-state index in [1.165, 1.54) is 23.3 Å². The normalized spacial score (nSPS) is 10.8. The molecule has 0 saturated heterocycles. The molecule has 0 fully saturated rings. The van der Waals surface area contributed by atoms with Crippen LogP contribution in [0.25, 0.3) is 0 Å². The Morgan fingerprint density at radius 2 is 1.70 bits per heavy atom. The first kappa shape index (κ1) is 15.0. The van der Waals surface area contributed by atoms with Gasteiger partial charge in [0.2, 0.25) is 0 Å². The van der Waals surface area contributed by atoms with E-state index in [1.807, 2.05) is 0 Å². The maximum absolute atomic E-state index is 13.0. The topological polar surface area (TPSA) is 12.0 Å². The predicted molar refractivity (Wildman–Crippen MR) is 86.4 cm³/mol. The van der Waals surface area contributed by atoms with Crippen LogP contribution in [0.3, 0.4) is 0 Å². The van der Waals surface area contributed by atoms with Crippen molar-refractivity contribution in [2.75, 3.05) is 5.32 Å². The monoisotopic (exact) mass is 335 g/mol. The van der Waals surface area contributed by atoms with Gasteiger partial charge in [-0.1, -0.05) is 38.1 Å². The second-order valence-electron chi connectivity index (χ2n) is 5.39. The van der Waals surface area contributed by atoms with Crippen LogP contribution in [0.1, 0.15) is 25.0 Å². The number of halogens is 2. The van der Waals surface area contributed by atoms with E-state index >= 15 is 0 Å². The van der Waals surface area contributed by atoms with Gasteiger partial charge in [-0.25, -0.2) is 4.39 Å². The lowest BCUT2D eigenvalue weighted by atomic mass is 10.0. The molecule has 0 unspecified atom stereocenters. The molecular weight excluding hydrogens is 317 g/mol. The summed E-state index contributed by atoms with van der Waals surface area (Å²) in [5, 5.41) is 3.30. The molecule has 20 heavy (non-hydrogen) atoms. The third-order valence-corrected chi connectivity index (χ3v) is 3.74. The summed E-state index contributed by atoms with van der Waals surface area (Å²) >= 11 is 3.36. The Balaban J connectivity index is 1.96. The van der Waals surface area contributed by atoms with Crippen LogP contribution in [-0.4, -0.2) is 0 Å². The molecule has 106 valence electrons. The summed E-state index contributed by atoms with van der Waals surface area (Å²) in [5.74, 6) is 0.439. The predicted octanol–water partition coefficient (Wildman–Crippen LogP) is 5.40. The van der Waals surface area contributed by atoms with Gasteiger partial charge in [0.25, 0.3) is 0 Å². The van der Waals surface area contributed by atoms with Gasteiger partial charge < -0.3 is 5.32 Å². The summed E-state index contributed by atoms with van der Waals surface area (Å²) in [4.78, 5) is 0. The number of hydrogen-bond acceptors (Lipinski definition) is 1. The molecule has 2 aromatic carbocycles. The smallest absolute Gasteiger partial charge is 0.124 e. The van der Waals surface area contributed by atoms with Gasteiger partial charge in [-0.2, -0.15) is 0 Å². The van der Waals surface area contributed by atoms with E-state index in [2.05, 4.69) is 59.4 Å². The van der Waals surface area contributed by atoms with E-state index in [9.17, 15) is 4.39 Å². The van der Waals surface area contributed by atoms with Crippen molar-refractivity contribution < 1.29 is 4.39 Å². The Kier molecular flexibility index (Phi) is 5.18. The van der Waals surface area contributed by atoms with E-state index in [1.54, 1.807) is 6.07 Å². The first-order chi connectivity index (χ1) is 9.54. The molecule has 0 aliphatic carbocycles. The Labute approximate surface area is 128 Å². The fraction of sp³-hybridized carbons (Fsp3) is 0.294. The van der Waals surface area contributed by atoms with E-state index in [0.29, 0.717) is 5.92 Å². The molecular formula is C17H19BrFN. The lowest BCUT2D eigenvalue weighted by molar-refractivity contribution is 0.627. The number of nitrogens with one attached hydrogen (secondary N) is 1. The van der Waals surface area contributed by atoms with Gasteiger partial charge in [-0.3, -0.25) is 0 Å². The maximum atomic E-state index is 13.0. The largest absolute Gasteiger partial charge is 0.380 e. The second kappa shape index (κ2) is 6.89. The van der Waals surface area contributed by atoms with Crippen LogP contribution < -0.4 is 5.32 Å². The molecule has 0 heterocycles. The summed E-state index contributed by atoms with van der Waals surface area (Å²) in [6.45, 7) is 5.18. The number of benzene rings is 2. The molecule has 0 aliphatic heterocycles. The van der Waals surface area contributed by atoms with Crippen molar-refractivity contribution in [3.8, 4) is 0 Å². The third kappa shape index (κ3) is 4.34. The third-order valence-electron chi connectivity index (χ3n) is 3.08. The van der Waals surface area contributed by atoms with Gasteiger partial charge in [0, 0.05) is 16.7 Å². The molecule has 2 rings (SSSR count). The highest BCUT2D eigenvalue weighted by Crippen LogP contribution is 2.23. The zero-order chi connectivity index (χ0) is 14.5. The molecule has 2 aromatic rings. The Hall–Kier alpha value is -1.35. The van der Waals surface area contributed by atoms with Crippen molar-refractivity contribution in [2.24, 2.45) is 5.92 Å². The molecule has 0 saturated carbocycles. The lowest BCUT2D eigenvalue weighted by Crippen LogP contribution is -2.01. The van der Waals surface area contributed by atoms with Crippen molar-refractivity contribution in [1.82, 2.24) is 0 Å². The van der Waals surface area contributed by atoms with Gasteiger partial charge >= 0.3 is 0 Å². The zero-order valence-corrected chi connectivity index (χ0v) is 13.4. The van der Waals surface area contributed by atoms with E-state index in [4.69, 9.17) is 0 Å². The quantitative estimate of drug-likeness (QED) is 0.771. The summed E-state index contributed by atoms with van der Waals surface area (Å²) < 4.78 is 13.7. The minimum Gasteiger partial charge on any atom is -0.380 e. The summed E-state index contributed by atoms with van der Waals surface area (Å²) in [5.41, 5.74) is 3.48. The minimum absolute atomic E-state index is 0.236. The highest BCUT2D eigenvalue weighted by Gasteiger charge is 2.02. The van der Waals surface area contributed by atoms with Crippen LogP contribution in [0.15, 0.2) is 46.9 Å². The average Bonchev–Trinajstić information content (AvgIpc) is 2.39. The molecule has 0 amide bonds. The Bertz CT molecular complexity index is 564. The molecule has 1 N–H and O–H groups in total. The lowest BCUT2D eigenvalue weighted by Gasteiger charge is -2.10. The average molecular weight is 336 g/mol. The van der Waals surface area contributed by atoms with Gasteiger partial charge in [0.15, 0.2) is 0 Å². The van der Waals surface area contributed by atoms with Crippen LogP contribution in [0.4, 0.5) is 10.1 Å². The van der Waals surface area contributed by atoms with Crippen LogP contribution in [0.2, 0.25) is 0 Å². The first-order valence-electron chi connectivity index (χ1n) is 6.81. The van der Waals surface area contributed by atoms with Crippen LogP contribution in [-0.2, 0) is 13.0 Å². The second-order valence-corrected chi connectivity index (χ2v) is 6.25. The molecule has 0 radical (unpaired) electrons. The van der Waals surface area contributed by atoms with E-state index in [0.717, 1.165) is 23.1 Å². The number of anilines is 1. The van der Waals surface area contributed by atoms with Crippen molar-refractivity contribution >= 4 is 21.6 Å². The zero-order valence-electron chi connectivity index (χ0n) is 11.8. The van der Waals surface area contributed by atoms with E-state index in [-0.39, 0.29) is 5.82 Å². The first-order valence-corrected chi connectivity index (χ1v) is 7.60. The highest BCUT2D eigenvalue weighted by atomic mass is 79.9. The summed E-state index contributed by atoms with van der Waals surface area (Å²) in [6, 6.07) is 13.3. The van der Waals surface area contributed by atoms with Crippen LogP contribution >= 0.6 is 15.9 Å². The molecule has 3 heteroatoms. The summed E-state index contributed by atoms with van der Waals surface area (Å²) in [7, 11) is 0. The molecule has 0 atom stereocenters. The van der Waals surface area contributed by atoms with Gasteiger partial charge in [0.05, 0.1) is 0 Å². The van der Waals surface area contributed by atoms with Gasteiger partial charge in [0.1, 0.15) is 5.82 Å². The van der Waals surface area contributed by atoms with Crippen LogP contribution in [0, 0.1) is 11.7 Å². The maximum Gasteiger partial charge on any atom is 0.124 e. The highest BCUT2D eigenvalue weighted by molar-refractivity contribution is 9.10. The van der Waals surface area contributed by atoms with Crippen LogP contribution in [0.5, 0.6) is 0 Å². The minimum atomic E-state index is -0.236. The SMILES string of the molecule is CC(C)Cc1ccc(CNc2ccc(F)cc2Br)cc1. The molecule has 0 bridgehead atoms. The Morgan fingerprint density at radius 3 is 2.30 bits per heavy atom. The van der Waals surface area contributed by atoms with Crippen molar-refractivity contribution in [3.63, 3.8) is 0 Å². The summed E-state index contributed by atoms with van der Waals surface area (Å²) in [6.07, 6.45) is 1.11. The standard InChI is InChI=1S/C17H19BrFN/c1-12(2)9-13-3-5-14(6-4-13)11-20-17-8-7-15(19)10-16(17)18/h3-8,10,12,20H,9,11H2,1-2H3. The fourth-order valence-corrected chi connectivity index (χ4v) is 2.59.